The molecule has 6 nitrogen and oxygen atoms in total. The number of aromatic nitrogens is 2. The van der Waals surface area contributed by atoms with Crippen LogP contribution in [-0.2, 0) is 0 Å². The molecule has 110 valence electrons. The molecule has 3 N–H and O–H groups in total. The second kappa shape index (κ2) is 6.65. The third-order valence-corrected chi connectivity index (χ3v) is 3.87. The smallest absolute Gasteiger partial charge is 0.339 e. The van der Waals surface area contributed by atoms with E-state index in [0.29, 0.717) is 24.1 Å². The highest BCUT2D eigenvalue weighted by atomic mass is 16.4. The van der Waals surface area contributed by atoms with Gasteiger partial charge in [0.25, 0.3) is 0 Å². The Kier molecular flexibility index (Phi) is 4.89. The zero-order valence-electron chi connectivity index (χ0n) is 11.7. The molecule has 0 spiro atoms. The van der Waals surface area contributed by atoms with Crippen molar-refractivity contribution in [2.45, 2.75) is 45.1 Å². The second-order valence-corrected chi connectivity index (χ2v) is 5.34. The van der Waals surface area contributed by atoms with Gasteiger partial charge in [-0.05, 0) is 25.7 Å². The third-order valence-electron chi connectivity index (χ3n) is 3.87. The number of nitrogens with one attached hydrogen (secondary N) is 1. The zero-order chi connectivity index (χ0) is 14.5. The SMILES string of the molecule is Cc1nc(NCC(O)C2CCCCC2)ncc1C(=O)O. The molecule has 1 aromatic rings. The monoisotopic (exact) mass is 279 g/mol. The highest BCUT2D eigenvalue weighted by Gasteiger charge is 2.21. The van der Waals surface area contributed by atoms with Crippen molar-refractivity contribution in [3.05, 3.63) is 17.5 Å². The standard InChI is InChI=1S/C14H21N3O3/c1-9-11(13(19)20)7-15-14(17-9)16-8-12(18)10-5-3-2-4-6-10/h7,10,12,18H,2-6,8H2,1H3,(H,19,20)(H,15,16,17). The van der Waals surface area contributed by atoms with E-state index in [-0.39, 0.29) is 5.56 Å². The number of nitrogens with zero attached hydrogens (tertiary/aromatic N) is 2. The Labute approximate surface area is 118 Å². The summed E-state index contributed by atoms with van der Waals surface area (Å²) in [5.41, 5.74) is 0.519. The number of rotatable bonds is 5. The number of carbonyl (C=O) groups is 1. The quantitative estimate of drug-likeness (QED) is 0.761. The van der Waals surface area contributed by atoms with Gasteiger partial charge >= 0.3 is 5.97 Å². The van der Waals surface area contributed by atoms with Crippen molar-refractivity contribution in [2.75, 3.05) is 11.9 Å². The number of hydrogen-bond donors (Lipinski definition) is 3. The Morgan fingerprint density at radius 3 is 2.75 bits per heavy atom. The minimum atomic E-state index is -1.03. The van der Waals surface area contributed by atoms with Crippen LogP contribution in [0.1, 0.15) is 48.2 Å². The van der Waals surface area contributed by atoms with Crippen LogP contribution in [0.3, 0.4) is 0 Å². The van der Waals surface area contributed by atoms with Crippen molar-refractivity contribution >= 4 is 11.9 Å². The maximum absolute atomic E-state index is 10.9. The van der Waals surface area contributed by atoms with E-state index in [1.165, 1.54) is 25.5 Å². The molecule has 1 aliphatic carbocycles. The van der Waals surface area contributed by atoms with Crippen LogP contribution in [0.5, 0.6) is 0 Å². The fraction of sp³-hybridized carbons (Fsp3) is 0.643. The molecule has 1 aliphatic rings. The summed E-state index contributed by atoms with van der Waals surface area (Å²) in [7, 11) is 0. The van der Waals surface area contributed by atoms with Crippen LogP contribution in [0.2, 0.25) is 0 Å². The number of anilines is 1. The first-order chi connectivity index (χ1) is 9.58. The molecule has 0 bridgehead atoms. The first-order valence-corrected chi connectivity index (χ1v) is 7.07. The Hall–Kier alpha value is -1.69. The van der Waals surface area contributed by atoms with Gasteiger partial charge in [0.2, 0.25) is 5.95 Å². The Bertz CT molecular complexity index is 473. The Morgan fingerprint density at radius 2 is 2.15 bits per heavy atom. The molecule has 1 heterocycles. The third kappa shape index (κ3) is 3.66. The molecule has 1 aromatic heterocycles. The molecule has 6 heteroatoms. The van der Waals surface area contributed by atoms with Crippen LogP contribution >= 0.6 is 0 Å². The van der Waals surface area contributed by atoms with E-state index in [1.54, 1.807) is 6.92 Å². The molecule has 1 unspecified atom stereocenters. The van der Waals surface area contributed by atoms with Crippen molar-refractivity contribution in [1.29, 1.82) is 0 Å². The maximum Gasteiger partial charge on any atom is 0.339 e. The number of carboxylic acid groups (broad SMARTS) is 1. The van der Waals surface area contributed by atoms with Gasteiger partial charge in [0.1, 0.15) is 0 Å². The topological polar surface area (TPSA) is 95.3 Å². The minimum absolute atomic E-state index is 0.100. The lowest BCUT2D eigenvalue weighted by atomic mass is 9.85. The van der Waals surface area contributed by atoms with Crippen molar-refractivity contribution in [3.8, 4) is 0 Å². The van der Waals surface area contributed by atoms with Gasteiger partial charge in [0.05, 0.1) is 17.4 Å². The first kappa shape index (κ1) is 14.7. The van der Waals surface area contributed by atoms with Crippen molar-refractivity contribution in [1.82, 2.24) is 9.97 Å². The van der Waals surface area contributed by atoms with E-state index in [1.807, 2.05) is 0 Å². The normalized spacial score (nSPS) is 17.7. The molecule has 1 atom stereocenters. The van der Waals surface area contributed by atoms with Gasteiger partial charge in [-0.25, -0.2) is 14.8 Å². The van der Waals surface area contributed by atoms with E-state index >= 15 is 0 Å². The number of carboxylic acids is 1. The van der Waals surface area contributed by atoms with Crippen LogP contribution in [0, 0.1) is 12.8 Å². The average molecular weight is 279 g/mol. The average Bonchev–Trinajstić information content (AvgIpc) is 2.45. The van der Waals surface area contributed by atoms with Crippen LogP contribution < -0.4 is 5.32 Å². The summed E-state index contributed by atoms with van der Waals surface area (Å²) in [6, 6.07) is 0. The van der Waals surface area contributed by atoms with Gasteiger partial charge in [-0.2, -0.15) is 0 Å². The Morgan fingerprint density at radius 1 is 1.45 bits per heavy atom. The van der Waals surface area contributed by atoms with Gasteiger partial charge < -0.3 is 15.5 Å². The summed E-state index contributed by atoms with van der Waals surface area (Å²) >= 11 is 0. The first-order valence-electron chi connectivity index (χ1n) is 7.07. The predicted octanol–water partition coefficient (Wildman–Crippen LogP) is 1.84. The number of aromatic carboxylic acids is 1. The summed E-state index contributed by atoms with van der Waals surface area (Å²) in [6.07, 6.45) is 6.66. The highest BCUT2D eigenvalue weighted by molar-refractivity contribution is 5.88. The van der Waals surface area contributed by atoms with E-state index in [0.717, 1.165) is 12.8 Å². The second-order valence-electron chi connectivity index (χ2n) is 5.34. The van der Waals surface area contributed by atoms with Gasteiger partial charge in [0, 0.05) is 12.7 Å². The van der Waals surface area contributed by atoms with Gasteiger partial charge in [-0.1, -0.05) is 19.3 Å². The van der Waals surface area contributed by atoms with Gasteiger partial charge in [-0.3, -0.25) is 0 Å². The number of hydrogen-bond acceptors (Lipinski definition) is 5. The van der Waals surface area contributed by atoms with Crippen LogP contribution in [0.15, 0.2) is 6.20 Å². The molecule has 0 aromatic carbocycles. The molecule has 0 radical (unpaired) electrons. The minimum Gasteiger partial charge on any atom is -0.478 e. The maximum atomic E-state index is 10.9. The van der Waals surface area contributed by atoms with Crippen LogP contribution in [-0.4, -0.2) is 38.8 Å². The summed E-state index contributed by atoms with van der Waals surface area (Å²) in [5.74, 6) is -0.325. The van der Waals surface area contributed by atoms with Gasteiger partial charge in [-0.15, -0.1) is 0 Å². The molecular formula is C14H21N3O3. The fourth-order valence-electron chi connectivity index (χ4n) is 2.64. The van der Waals surface area contributed by atoms with Crippen LogP contribution in [0.4, 0.5) is 5.95 Å². The molecule has 20 heavy (non-hydrogen) atoms. The van der Waals surface area contributed by atoms with Crippen molar-refractivity contribution in [2.24, 2.45) is 5.92 Å². The molecule has 0 aliphatic heterocycles. The summed E-state index contributed by atoms with van der Waals surface area (Å²) < 4.78 is 0. The molecule has 0 saturated heterocycles. The fourth-order valence-corrected chi connectivity index (χ4v) is 2.64. The number of aliphatic hydroxyl groups excluding tert-OH is 1. The largest absolute Gasteiger partial charge is 0.478 e. The lowest BCUT2D eigenvalue weighted by Gasteiger charge is -2.26. The van der Waals surface area contributed by atoms with E-state index in [2.05, 4.69) is 15.3 Å². The molecule has 1 fully saturated rings. The van der Waals surface area contributed by atoms with E-state index in [9.17, 15) is 9.90 Å². The molecule has 0 amide bonds. The van der Waals surface area contributed by atoms with E-state index < -0.39 is 12.1 Å². The van der Waals surface area contributed by atoms with Crippen molar-refractivity contribution < 1.29 is 15.0 Å². The van der Waals surface area contributed by atoms with Gasteiger partial charge in [0.15, 0.2) is 0 Å². The Balaban J connectivity index is 1.90. The molecular weight excluding hydrogens is 258 g/mol. The lowest BCUT2D eigenvalue weighted by Crippen LogP contribution is -2.30. The molecule has 1 saturated carbocycles. The predicted molar refractivity (Wildman–Crippen MR) is 74.8 cm³/mol. The molecule has 2 rings (SSSR count). The van der Waals surface area contributed by atoms with Crippen molar-refractivity contribution in [3.63, 3.8) is 0 Å². The highest BCUT2D eigenvalue weighted by Crippen LogP contribution is 2.26. The van der Waals surface area contributed by atoms with E-state index in [4.69, 9.17) is 5.11 Å². The lowest BCUT2D eigenvalue weighted by molar-refractivity contribution is 0.0695. The van der Waals surface area contributed by atoms with Crippen LogP contribution in [0.25, 0.3) is 0 Å². The summed E-state index contributed by atoms with van der Waals surface area (Å²) in [4.78, 5) is 18.9. The summed E-state index contributed by atoms with van der Waals surface area (Å²) in [5, 5.41) is 22.0. The summed E-state index contributed by atoms with van der Waals surface area (Å²) in [6.45, 7) is 2.03. The number of aryl methyl sites for hydroxylation is 1. The zero-order valence-corrected chi connectivity index (χ0v) is 11.7. The number of aliphatic hydroxyl groups is 1.